The van der Waals surface area contributed by atoms with Crippen LogP contribution in [0.4, 0.5) is 13.2 Å². The number of alkyl halides is 3. The third-order valence-corrected chi connectivity index (χ3v) is 7.55. The Bertz CT molecular complexity index is 907. The fourth-order valence-corrected chi connectivity index (χ4v) is 5.88. The van der Waals surface area contributed by atoms with Gasteiger partial charge in [-0.25, -0.2) is 4.79 Å². The molecule has 3 fully saturated rings. The average Bonchev–Trinajstić information content (AvgIpc) is 3.51. The molecular formula is C22H25F3N2O4S. The van der Waals surface area contributed by atoms with E-state index in [1.807, 2.05) is 0 Å². The Morgan fingerprint density at radius 2 is 1.81 bits per heavy atom. The molecule has 5 unspecified atom stereocenters. The minimum absolute atomic E-state index is 0.0720. The summed E-state index contributed by atoms with van der Waals surface area (Å²) in [6.45, 7) is 0.463. The SMILES string of the molecule is COC(=O)C1CCCN1C(=O)C(S)C1CC2CCC1N2C(=O)c1ccc(C(F)(F)F)cc1. The first-order chi connectivity index (χ1) is 15.1. The number of ether oxygens (including phenoxy) is 1. The van der Waals surface area contributed by atoms with Crippen LogP contribution >= 0.6 is 12.6 Å². The Morgan fingerprint density at radius 1 is 1.12 bits per heavy atom. The third-order valence-electron chi connectivity index (χ3n) is 6.95. The van der Waals surface area contributed by atoms with Gasteiger partial charge in [0, 0.05) is 30.1 Å². The number of fused-ring (bicyclic) bond motifs is 2. The van der Waals surface area contributed by atoms with Crippen molar-refractivity contribution in [1.82, 2.24) is 9.80 Å². The molecule has 1 aromatic rings. The predicted molar refractivity (Wildman–Crippen MR) is 112 cm³/mol. The molecule has 0 aromatic heterocycles. The van der Waals surface area contributed by atoms with Crippen LogP contribution in [0, 0.1) is 5.92 Å². The van der Waals surface area contributed by atoms with Gasteiger partial charge in [-0.15, -0.1) is 0 Å². The van der Waals surface area contributed by atoms with Crippen LogP contribution in [0.25, 0.3) is 0 Å². The molecule has 10 heteroatoms. The minimum Gasteiger partial charge on any atom is -0.467 e. The smallest absolute Gasteiger partial charge is 0.416 e. The molecule has 3 heterocycles. The number of thiol groups is 1. The summed E-state index contributed by atoms with van der Waals surface area (Å²) in [7, 11) is 1.29. The number of carbonyl (C=O) groups is 3. The number of hydrogen-bond acceptors (Lipinski definition) is 5. The van der Waals surface area contributed by atoms with Crippen LogP contribution in [-0.4, -0.2) is 64.6 Å². The zero-order valence-electron chi connectivity index (χ0n) is 17.5. The Hall–Kier alpha value is -2.23. The highest BCUT2D eigenvalue weighted by atomic mass is 32.1. The molecule has 0 aliphatic carbocycles. The van der Waals surface area contributed by atoms with Crippen LogP contribution < -0.4 is 0 Å². The van der Waals surface area contributed by atoms with Gasteiger partial charge >= 0.3 is 12.1 Å². The summed E-state index contributed by atoms with van der Waals surface area (Å²) in [6.07, 6.45) is -1.09. The second-order valence-corrected chi connectivity index (χ2v) is 9.20. The largest absolute Gasteiger partial charge is 0.467 e. The van der Waals surface area contributed by atoms with Crippen LogP contribution in [-0.2, 0) is 20.5 Å². The molecule has 5 atom stereocenters. The quantitative estimate of drug-likeness (QED) is 0.542. The molecule has 1 aromatic carbocycles. The van der Waals surface area contributed by atoms with Crippen LogP contribution in [0.1, 0.15) is 48.0 Å². The Kier molecular flexibility index (Phi) is 6.17. The first-order valence-corrected chi connectivity index (χ1v) is 11.2. The topological polar surface area (TPSA) is 66.9 Å². The van der Waals surface area contributed by atoms with Crippen molar-refractivity contribution in [2.45, 2.75) is 61.7 Å². The molecule has 0 radical (unpaired) electrons. The Morgan fingerprint density at radius 3 is 2.44 bits per heavy atom. The Labute approximate surface area is 189 Å². The molecule has 0 spiro atoms. The Balaban J connectivity index is 1.48. The number of esters is 1. The molecule has 3 aliphatic rings. The van der Waals surface area contributed by atoms with Crippen LogP contribution in [0.3, 0.4) is 0 Å². The number of benzene rings is 1. The number of nitrogens with zero attached hydrogens (tertiary/aromatic N) is 2. The molecule has 4 rings (SSSR count). The van der Waals surface area contributed by atoms with Gasteiger partial charge in [0.1, 0.15) is 6.04 Å². The summed E-state index contributed by atoms with van der Waals surface area (Å²) in [5.74, 6) is -1.18. The summed E-state index contributed by atoms with van der Waals surface area (Å²) in [5, 5.41) is -0.668. The van der Waals surface area contributed by atoms with Crippen molar-refractivity contribution in [1.29, 1.82) is 0 Å². The van der Waals surface area contributed by atoms with Gasteiger partial charge in [0.25, 0.3) is 5.91 Å². The van der Waals surface area contributed by atoms with E-state index in [0.717, 1.165) is 18.6 Å². The van der Waals surface area contributed by atoms with Gasteiger partial charge in [-0.2, -0.15) is 25.8 Å². The fourth-order valence-electron chi connectivity index (χ4n) is 5.41. The lowest BCUT2D eigenvalue weighted by molar-refractivity contribution is -0.151. The van der Waals surface area contributed by atoms with E-state index in [1.54, 1.807) is 4.90 Å². The maximum atomic E-state index is 13.1. The molecule has 6 nitrogen and oxygen atoms in total. The molecule has 2 amide bonds. The van der Waals surface area contributed by atoms with E-state index in [1.165, 1.54) is 24.1 Å². The van der Waals surface area contributed by atoms with Gasteiger partial charge in [0.2, 0.25) is 5.91 Å². The normalized spacial score (nSPS) is 28.2. The van der Waals surface area contributed by atoms with Gasteiger partial charge in [0.05, 0.1) is 17.9 Å². The molecule has 2 bridgehead atoms. The van der Waals surface area contributed by atoms with Gasteiger partial charge in [-0.3, -0.25) is 9.59 Å². The van der Waals surface area contributed by atoms with E-state index >= 15 is 0 Å². The number of likely N-dealkylation sites (tertiary alicyclic amines) is 1. The van der Waals surface area contributed by atoms with E-state index in [2.05, 4.69) is 12.6 Å². The minimum atomic E-state index is -4.46. The molecular weight excluding hydrogens is 445 g/mol. The zero-order chi connectivity index (χ0) is 23.2. The summed E-state index contributed by atoms with van der Waals surface area (Å²) < 4.78 is 43.3. The number of methoxy groups -OCH3 is 1. The highest BCUT2D eigenvalue weighted by molar-refractivity contribution is 7.81. The van der Waals surface area contributed by atoms with Crippen molar-refractivity contribution in [2.75, 3.05) is 13.7 Å². The zero-order valence-corrected chi connectivity index (χ0v) is 18.4. The van der Waals surface area contributed by atoms with Crippen LogP contribution in [0.15, 0.2) is 24.3 Å². The number of rotatable bonds is 4. The lowest BCUT2D eigenvalue weighted by Crippen LogP contribution is -2.48. The predicted octanol–water partition coefficient (Wildman–Crippen LogP) is 3.16. The van der Waals surface area contributed by atoms with E-state index in [0.29, 0.717) is 32.2 Å². The van der Waals surface area contributed by atoms with Crippen molar-refractivity contribution in [3.63, 3.8) is 0 Å². The number of hydrogen-bond donors (Lipinski definition) is 1. The van der Waals surface area contributed by atoms with Crippen molar-refractivity contribution in [3.05, 3.63) is 35.4 Å². The highest BCUT2D eigenvalue weighted by Crippen LogP contribution is 2.45. The standard InChI is InChI=1S/C22H25F3N2O4S/c1-31-21(30)17-3-2-10-26(17)20(29)18(32)15-11-14-8-9-16(15)27(14)19(28)12-4-6-13(7-5-12)22(23,24)25/h4-7,14-18,32H,2-3,8-11H2,1H3. The molecule has 3 saturated heterocycles. The first kappa shape index (κ1) is 22.9. The summed E-state index contributed by atoms with van der Waals surface area (Å²) in [5.41, 5.74) is -0.606. The number of halogens is 3. The summed E-state index contributed by atoms with van der Waals surface area (Å²) in [4.78, 5) is 41.5. The summed E-state index contributed by atoms with van der Waals surface area (Å²) in [6, 6.07) is 3.34. The van der Waals surface area contributed by atoms with Crippen molar-refractivity contribution in [2.24, 2.45) is 5.92 Å². The molecule has 174 valence electrons. The molecule has 0 N–H and O–H groups in total. The lowest BCUT2D eigenvalue weighted by Gasteiger charge is -2.31. The van der Waals surface area contributed by atoms with Gasteiger partial charge in [-0.1, -0.05) is 0 Å². The average molecular weight is 471 g/mol. The van der Waals surface area contributed by atoms with Crippen LogP contribution in [0.5, 0.6) is 0 Å². The second-order valence-electron chi connectivity index (χ2n) is 8.64. The van der Waals surface area contributed by atoms with Crippen molar-refractivity contribution < 1.29 is 32.3 Å². The van der Waals surface area contributed by atoms with Crippen molar-refractivity contribution >= 4 is 30.4 Å². The number of carbonyl (C=O) groups excluding carboxylic acids is 3. The maximum Gasteiger partial charge on any atom is 0.416 e. The maximum absolute atomic E-state index is 13.1. The van der Waals surface area contributed by atoms with Gasteiger partial charge < -0.3 is 14.5 Å². The van der Waals surface area contributed by atoms with Gasteiger partial charge in [-0.05, 0) is 56.4 Å². The second kappa shape index (κ2) is 8.61. The van der Waals surface area contributed by atoms with Crippen molar-refractivity contribution in [3.8, 4) is 0 Å². The lowest BCUT2D eigenvalue weighted by atomic mass is 9.86. The molecule has 3 aliphatic heterocycles. The van der Waals surface area contributed by atoms with Crippen LogP contribution in [0.2, 0.25) is 0 Å². The number of amides is 2. The van der Waals surface area contributed by atoms with E-state index in [-0.39, 0.29) is 35.4 Å². The molecule has 0 saturated carbocycles. The highest BCUT2D eigenvalue weighted by Gasteiger charge is 2.53. The van der Waals surface area contributed by atoms with E-state index < -0.39 is 29.0 Å². The third kappa shape index (κ3) is 3.97. The first-order valence-electron chi connectivity index (χ1n) is 10.7. The fraction of sp³-hybridized carbons (Fsp3) is 0.591. The monoisotopic (exact) mass is 470 g/mol. The van der Waals surface area contributed by atoms with E-state index in [9.17, 15) is 27.6 Å². The molecule has 32 heavy (non-hydrogen) atoms. The van der Waals surface area contributed by atoms with Gasteiger partial charge in [0.15, 0.2) is 0 Å². The summed E-state index contributed by atoms with van der Waals surface area (Å²) >= 11 is 4.60. The van der Waals surface area contributed by atoms with E-state index in [4.69, 9.17) is 4.74 Å².